The van der Waals surface area contributed by atoms with E-state index in [1.807, 2.05) is 22.4 Å². The minimum Gasteiger partial charge on any atom is -0.388 e. The third-order valence-corrected chi connectivity index (χ3v) is 13.8. The summed E-state index contributed by atoms with van der Waals surface area (Å²) in [6.07, 6.45) is 5.37. The van der Waals surface area contributed by atoms with Gasteiger partial charge < -0.3 is 10.6 Å². The van der Waals surface area contributed by atoms with Gasteiger partial charge in [-0.25, -0.2) is 0 Å². The van der Waals surface area contributed by atoms with Gasteiger partial charge in [0, 0.05) is 24.5 Å². The summed E-state index contributed by atoms with van der Waals surface area (Å²) < 4.78 is 2.21. The van der Waals surface area contributed by atoms with Gasteiger partial charge in [0.2, 0.25) is 0 Å². The molecule has 0 amide bonds. The Morgan fingerprint density at radius 3 is 1.60 bits per heavy atom. The van der Waals surface area contributed by atoms with Crippen molar-refractivity contribution < 1.29 is 0 Å². The van der Waals surface area contributed by atoms with Crippen LogP contribution in [0.1, 0.15) is 52.4 Å². The molecule has 2 nitrogen and oxygen atoms in total. The first-order valence-corrected chi connectivity index (χ1v) is 16.2. The molecule has 0 spiro atoms. The second-order valence-corrected chi connectivity index (χ2v) is 20.3. The zero-order valence-corrected chi connectivity index (χ0v) is 20.1. The first-order valence-electron chi connectivity index (χ1n) is 9.26. The largest absolute Gasteiger partial charge is 0.388 e. The molecule has 0 radical (unpaired) electrons. The van der Waals surface area contributed by atoms with Gasteiger partial charge in [-0.05, 0) is 63.5 Å². The van der Waals surface area contributed by atoms with Crippen molar-refractivity contribution in [2.45, 2.75) is 65.5 Å². The van der Waals surface area contributed by atoms with E-state index < -0.39 is 6.37 Å². The summed E-state index contributed by atoms with van der Waals surface area (Å²) in [6, 6.07) is 0. The highest BCUT2D eigenvalue weighted by molar-refractivity contribution is 8.69. The van der Waals surface area contributed by atoms with E-state index in [0.717, 1.165) is 47.2 Å². The summed E-state index contributed by atoms with van der Waals surface area (Å²) in [4.78, 5) is 0. The average Bonchev–Trinajstić information content (AvgIpc) is 3.16. The molecule has 2 aliphatic rings. The number of rotatable bonds is 8. The summed E-state index contributed by atoms with van der Waals surface area (Å²) in [5, 5.41) is 7.03. The fourth-order valence-corrected chi connectivity index (χ4v) is 15.5. The molecule has 0 aromatic carbocycles. The summed E-state index contributed by atoms with van der Waals surface area (Å²) >= 11 is 15.5. The predicted molar refractivity (Wildman–Crippen MR) is 127 cm³/mol. The number of nitrogens with one attached hydrogen (secondary N) is 2. The Morgan fingerprint density at radius 1 is 0.840 bits per heavy atom. The van der Waals surface area contributed by atoms with Crippen molar-refractivity contribution in [3.63, 3.8) is 0 Å². The highest BCUT2D eigenvalue weighted by Gasteiger charge is 2.31. The van der Waals surface area contributed by atoms with E-state index in [1.54, 1.807) is 0 Å². The van der Waals surface area contributed by atoms with Crippen molar-refractivity contribution in [3.05, 3.63) is 22.5 Å². The second kappa shape index (κ2) is 9.92. The van der Waals surface area contributed by atoms with Gasteiger partial charge in [-0.3, -0.25) is 0 Å². The first-order chi connectivity index (χ1) is 11.9. The van der Waals surface area contributed by atoms with E-state index in [9.17, 15) is 0 Å². The minimum absolute atomic E-state index is 0.979. The molecular weight excluding hydrogens is 401 g/mol. The molecule has 0 aromatic rings. The molecule has 2 rings (SSSR count). The van der Waals surface area contributed by atoms with Gasteiger partial charge in [0.1, 0.15) is 0 Å². The summed E-state index contributed by atoms with van der Waals surface area (Å²) in [5.41, 5.74) is 5.54. The van der Waals surface area contributed by atoms with E-state index >= 15 is 0 Å². The predicted octanol–water partition coefficient (Wildman–Crippen LogP) is 5.90. The molecule has 0 bridgehead atoms. The van der Waals surface area contributed by atoms with Gasteiger partial charge in [0.15, 0.2) is 6.37 Å². The van der Waals surface area contributed by atoms with E-state index in [2.05, 4.69) is 37.6 Å². The number of hydrogen-bond acceptors (Lipinski definition) is 6. The minimum atomic E-state index is -1.64. The van der Waals surface area contributed by atoms with Crippen molar-refractivity contribution in [2.24, 2.45) is 0 Å². The molecule has 2 aliphatic carbocycles. The van der Waals surface area contributed by atoms with Crippen molar-refractivity contribution in [1.82, 2.24) is 10.6 Å². The van der Waals surface area contributed by atoms with E-state index in [1.165, 1.54) is 35.4 Å². The highest BCUT2D eigenvalue weighted by Crippen LogP contribution is 2.41. The normalized spacial score (nSPS) is 18.1. The lowest BCUT2D eigenvalue weighted by Crippen LogP contribution is -2.23. The Morgan fingerprint density at radius 2 is 1.24 bits per heavy atom. The fraction of sp³-hybridized carbons (Fsp3) is 0.667. The molecule has 0 atom stereocenters. The smallest absolute Gasteiger partial charge is 0.184 e. The molecule has 0 fully saturated rings. The molecular formula is C18H30N2S4Si. The van der Waals surface area contributed by atoms with Gasteiger partial charge in [-0.2, -0.15) is 0 Å². The van der Waals surface area contributed by atoms with Crippen LogP contribution in [0.5, 0.6) is 0 Å². The van der Waals surface area contributed by atoms with Crippen LogP contribution in [0.15, 0.2) is 22.5 Å². The van der Waals surface area contributed by atoms with Crippen LogP contribution in [0.2, 0.25) is 13.1 Å². The molecule has 140 valence electrons. The fourth-order valence-electron chi connectivity index (χ4n) is 3.35. The Hall–Kier alpha value is 0.177. The van der Waals surface area contributed by atoms with Crippen LogP contribution in [0.25, 0.3) is 0 Å². The van der Waals surface area contributed by atoms with E-state index in [4.69, 9.17) is 24.4 Å². The Bertz CT molecular complexity index is 546. The number of thiocarbonyl (C=S) groups is 2. The third kappa shape index (κ3) is 6.09. The zero-order chi connectivity index (χ0) is 18.4. The van der Waals surface area contributed by atoms with Crippen LogP contribution in [0.4, 0.5) is 0 Å². The topological polar surface area (TPSA) is 24.1 Å². The number of hydrogen-bond donors (Lipinski definition) is 2. The molecule has 0 aromatic heterocycles. The maximum absolute atomic E-state index is 5.82. The van der Waals surface area contributed by atoms with Crippen LogP contribution < -0.4 is 10.6 Å². The van der Waals surface area contributed by atoms with Crippen molar-refractivity contribution in [2.75, 3.05) is 13.1 Å². The molecule has 0 aliphatic heterocycles. The maximum atomic E-state index is 5.82. The molecule has 0 heterocycles. The first kappa shape index (κ1) is 21.5. The van der Waals surface area contributed by atoms with Crippen molar-refractivity contribution >= 4 is 61.6 Å². The van der Waals surface area contributed by atoms with Gasteiger partial charge in [0.05, 0.1) is 8.39 Å². The van der Waals surface area contributed by atoms with Crippen LogP contribution in [0, 0.1) is 0 Å². The van der Waals surface area contributed by atoms with Crippen LogP contribution >= 0.6 is 46.9 Å². The molecule has 0 unspecified atom stereocenters. The van der Waals surface area contributed by atoms with Crippen LogP contribution in [-0.4, -0.2) is 27.9 Å². The lowest BCUT2D eigenvalue weighted by Gasteiger charge is -2.23. The molecule has 7 heteroatoms. The zero-order valence-electron chi connectivity index (χ0n) is 15.8. The molecule has 2 N–H and O–H groups in total. The van der Waals surface area contributed by atoms with Gasteiger partial charge in [-0.1, -0.05) is 37.5 Å². The lowest BCUT2D eigenvalue weighted by molar-refractivity contribution is 0.789. The average molecular weight is 431 g/mol. The Labute approximate surface area is 172 Å². The van der Waals surface area contributed by atoms with Gasteiger partial charge >= 0.3 is 0 Å². The van der Waals surface area contributed by atoms with Crippen molar-refractivity contribution in [1.29, 1.82) is 0 Å². The SMILES string of the molecule is CCNC1=C(C(=S)S[Si](C)(C)SC(=S)C2=C(NCC)CCC2)CCC1. The van der Waals surface area contributed by atoms with Crippen LogP contribution in [0.3, 0.4) is 0 Å². The highest BCUT2D eigenvalue weighted by atomic mass is 32.6. The van der Waals surface area contributed by atoms with E-state index in [0.29, 0.717) is 0 Å². The summed E-state index contributed by atoms with van der Waals surface area (Å²) in [6.45, 7) is 11.0. The van der Waals surface area contributed by atoms with Crippen LogP contribution in [-0.2, 0) is 0 Å². The summed E-state index contributed by atoms with van der Waals surface area (Å²) in [7, 11) is 0. The Kier molecular flexibility index (Phi) is 8.52. The Balaban J connectivity index is 2.01. The molecule has 0 saturated carbocycles. The van der Waals surface area contributed by atoms with Gasteiger partial charge in [0.25, 0.3) is 0 Å². The second-order valence-electron chi connectivity index (χ2n) is 6.86. The third-order valence-electron chi connectivity index (χ3n) is 4.39. The maximum Gasteiger partial charge on any atom is 0.184 e. The lowest BCUT2D eigenvalue weighted by atomic mass is 10.2. The standard InChI is InChI=1S/C18H30N2S4Si/c1-5-19-15-11-7-9-13(15)17(21)23-25(3,4)24-18(22)14-10-8-12-16(14)20-6-2/h19-20H,5-12H2,1-4H3. The summed E-state index contributed by atoms with van der Waals surface area (Å²) in [5.74, 6) is 0. The van der Waals surface area contributed by atoms with E-state index in [-0.39, 0.29) is 0 Å². The molecule has 25 heavy (non-hydrogen) atoms. The number of allylic oxidation sites excluding steroid dienone is 2. The quantitative estimate of drug-likeness (QED) is 0.367. The van der Waals surface area contributed by atoms with Crippen molar-refractivity contribution in [3.8, 4) is 0 Å². The monoisotopic (exact) mass is 430 g/mol. The molecule has 0 saturated heterocycles. The van der Waals surface area contributed by atoms with Gasteiger partial charge in [-0.15, -0.1) is 22.4 Å².